The molecule has 3 aromatic rings. The van der Waals surface area contributed by atoms with Crippen LogP contribution in [0.4, 0.5) is 0 Å². The highest BCUT2D eigenvalue weighted by molar-refractivity contribution is 6.34. The van der Waals surface area contributed by atoms with E-state index < -0.39 is 0 Å². The number of amides is 1. The van der Waals surface area contributed by atoms with Crippen molar-refractivity contribution in [3.8, 4) is 5.75 Å². The second-order valence-corrected chi connectivity index (χ2v) is 5.50. The molecule has 0 aliphatic heterocycles. The summed E-state index contributed by atoms with van der Waals surface area (Å²) in [6, 6.07) is 5.55. The number of hydrogen-bond acceptors (Lipinski definition) is 4. The van der Waals surface area contributed by atoms with Gasteiger partial charge < -0.3 is 15.0 Å². The van der Waals surface area contributed by atoms with Gasteiger partial charge in [-0.2, -0.15) is 5.10 Å². The molecule has 1 amide bonds. The highest BCUT2D eigenvalue weighted by Crippen LogP contribution is 2.20. The Hall–Kier alpha value is -2.54. The lowest BCUT2D eigenvalue weighted by molar-refractivity contribution is 0.0944. The number of nitrogens with one attached hydrogen (secondary N) is 2. The maximum atomic E-state index is 12.2. The molecule has 23 heavy (non-hydrogen) atoms. The molecule has 0 saturated heterocycles. The summed E-state index contributed by atoms with van der Waals surface area (Å²) in [5, 5.41) is 7.24. The summed E-state index contributed by atoms with van der Waals surface area (Å²) in [5.41, 5.74) is 2.61. The van der Waals surface area contributed by atoms with Crippen molar-refractivity contribution in [2.75, 3.05) is 7.11 Å². The molecular formula is C15H16ClN5O2. The van der Waals surface area contributed by atoms with E-state index in [9.17, 15) is 4.79 Å². The van der Waals surface area contributed by atoms with Gasteiger partial charge >= 0.3 is 0 Å². The fraction of sp³-hybridized carbons (Fsp3) is 0.267. The van der Waals surface area contributed by atoms with E-state index in [1.807, 2.05) is 18.2 Å². The molecule has 0 saturated carbocycles. The predicted octanol–water partition coefficient (Wildman–Crippen LogP) is 2.20. The van der Waals surface area contributed by atoms with E-state index in [0.717, 1.165) is 22.5 Å². The van der Waals surface area contributed by atoms with Crippen LogP contribution in [-0.2, 0) is 13.6 Å². The number of nitrogens with zero attached hydrogens (tertiary/aromatic N) is 3. The Bertz CT molecular complexity index is 884. The first-order valence-corrected chi connectivity index (χ1v) is 7.37. The van der Waals surface area contributed by atoms with E-state index >= 15 is 0 Å². The standard InChI is InChI=1S/C15H16ClN5O2/c1-8-13(16)14(20-21(8)2)15(22)17-7-12-18-10-5-4-9(23-3)6-11(10)19-12/h4-6H,7H2,1-3H3,(H,17,22)(H,18,19). The second-order valence-electron chi connectivity index (χ2n) is 5.12. The van der Waals surface area contributed by atoms with Crippen molar-refractivity contribution in [2.45, 2.75) is 13.5 Å². The fourth-order valence-electron chi connectivity index (χ4n) is 2.23. The zero-order valence-electron chi connectivity index (χ0n) is 13.0. The molecular weight excluding hydrogens is 318 g/mol. The number of methoxy groups -OCH3 is 1. The minimum Gasteiger partial charge on any atom is -0.497 e. The van der Waals surface area contributed by atoms with Gasteiger partial charge in [0.15, 0.2) is 5.69 Å². The summed E-state index contributed by atoms with van der Waals surface area (Å²) in [6.07, 6.45) is 0. The maximum Gasteiger partial charge on any atom is 0.273 e. The van der Waals surface area contributed by atoms with Gasteiger partial charge in [-0.05, 0) is 19.1 Å². The Morgan fingerprint density at radius 1 is 1.48 bits per heavy atom. The Balaban J connectivity index is 1.75. The molecule has 3 rings (SSSR count). The molecule has 2 heterocycles. The molecule has 0 unspecified atom stereocenters. The largest absolute Gasteiger partial charge is 0.497 e. The number of aryl methyl sites for hydroxylation is 1. The van der Waals surface area contributed by atoms with E-state index in [0.29, 0.717) is 10.8 Å². The zero-order chi connectivity index (χ0) is 16.6. The van der Waals surface area contributed by atoms with Crippen molar-refractivity contribution in [3.05, 3.63) is 40.4 Å². The van der Waals surface area contributed by atoms with Crippen LogP contribution in [0.2, 0.25) is 5.02 Å². The van der Waals surface area contributed by atoms with E-state index in [4.69, 9.17) is 16.3 Å². The Morgan fingerprint density at radius 2 is 2.26 bits per heavy atom. The maximum absolute atomic E-state index is 12.2. The van der Waals surface area contributed by atoms with Gasteiger partial charge in [-0.3, -0.25) is 9.48 Å². The molecule has 0 aliphatic carbocycles. The van der Waals surface area contributed by atoms with Crippen LogP contribution in [0.15, 0.2) is 18.2 Å². The van der Waals surface area contributed by atoms with E-state index in [1.54, 1.807) is 25.8 Å². The Kier molecular flexibility index (Phi) is 3.96. The van der Waals surface area contributed by atoms with Crippen LogP contribution in [-0.4, -0.2) is 32.8 Å². The average molecular weight is 334 g/mol. The second kappa shape index (κ2) is 5.92. The van der Waals surface area contributed by atoms with Gasteiger partial charge in [0.2, 0.25) is 0 Å². The molecule has 1 aromatic carbocycles. The lowest BCUT2D eigenvalue weighted by atomic mass is 10.3. The number of fused-ring (bicyclic) bond motifs is 1. The fourth-order valence-corrected chi connectivity index (χ4v) is 2.47. The van der Waals surface area contributed by atoms with E-state index in [-0.39, 0.29) is 18.1 Å². The van der Waals surface area contributed by atoms with Gasteiger partial charge in [-0.25, -0.2) is 4.98 Å². The lowest BCUT2D eigenvalue weighted by Crippen LogP contribution is -2.24. The molecule has 0 bridgehead atoms. The van der Waals surface area contributed by atoms with Crippen LogP contribution in [0, 0.1) is 6.92 Å². The van der Waals surface area contributed by atoms with Crippen LogP contribution in [0.1, 0.15) is 22.0 Å². The summed E-state index contributed by atoms with van der Waals surface area (Å²) in [7, 11) is 3.35. The van der Waals surface area contributed by atoms with Crippen LogP contribution < -0.4 is 10.1 Å². The van der Waals surface area contributed by atoms with Crippen molar-refractivity contribution in [2.24, 2.45) is 7.05 Å². The predicted molar refractivity (Wildman–Crippen MR) is 86.8 cm³/mol. The van der Waals surface area contributed by atoms with Gasteiger partial charge in [0.1, 0.15) is 11.6 Å². The Morgan fingerprint density at radius 3 is 2.91 bits per heavy atom. The molecule has 0 fully saturated rings. The minimum absolute atomic E-state index is 0.212. The number of carbonyl (C=O) groups is 1. The molecule has 7 nitrogen and oxygen atoms in total. The smallest absolute Gasteiger partial charge is 0.273 e. The first-order chi connectivity index (χ1) is 11.0. The number of rotatable bonds is 4. The number of ether oxygens (including phenoxy) is 1. The summed E-state index contributed by atoms with van der Waals surface area (Å²) in [4.78, 5) is 19.7. The van der Waals surface area contributed by atoms with Crippen molar-refractivity contribution in [1.82, 2.24) is 25.1 Å². The minimum atomic E-state index is -0.336. The van der Waals surface area contributed by atoms with Crippen molar-refractivity contribution >= 4 is 28.5 Å². The summed E-state index contributed by atoms with van der Waals surface area (Å²) in [5.74, 6) is 1.05. The normalized spacial score (nSPS) is 11.0. The van der Waals surface area contributed by atoms with Crippen LogP contribution in [0.25, 0.3) is 11.0 Å². The number of H-pyrrole nitrogens is 1. The molecule has 0 aliphatic rings. The molecule has 2 N–H and O–H groups in total. The van der Waals surface area contributed by atoms with E-state index in [2.05, 4.69) is 20.4 Å². The highest BCUT2D eigenvalue weighted by atomic mass is 35.5. The molecule has 8 heteroatoms. The van der Waals surface area contributed by atoms with Crippen molar-refractivity contribution in [3.63, 3.8) is 0 Å². The summed E-state index contributed by atoms with van der Waals surface area (Å²) >= 11 is 6.11. The zero-order valence-corrected chi connectivity index (χ0v) is 13.7. The molecule has 0 spiro atoms. The number of aromatic nitrogens is 4. The van der Waals surface area contributed by atoms with Gasteiger partial charge in [-0.1, -0.05) is 11.6 Å². The van der Waals surface area contributed by atoms with Crippen molar-refractivity contribution < 1.29 is 9.53 Å². The molecule has 0 radical (unpaired) electrons. The van der Waals surface area contributed by atoms with Gasteiger partial charge in [0.05, 0.1) is 35.4 Å². The van der Waals surface area contributed by atoms with Crippen LogP contribution in [0.5, 0.6) is 5.75 Å². The highest BCUT2D eigenvalue weighted by Gasteiger charge is 2.18. The first-order valence-electron chi connectivity index (χ1n) is 6.99. The Labute approximate surface area is 137 Å². The van der Waals surface area contributed by atoms with E-state index in [1.165, 1.54) is 0 Å². The number of aromatic amines is 1. The lowest BCUT2D eigenvalue weighted by Gasteiger charge is -2.00. The molecule has 2 aromatic heterocycles. The third-order valence-electron chi connectivity index (χ3n) is 3.63. The van der Waals surface area contributed by atoms with Gasteiger partial charge in [-0.15, -0.1) is 0 Å². The quantitative estimate of drug-likeness (QED) is 0.766. The number of hydrogen-bond donors (Lipinski definition) is 2. The molecule has 120 valence electrons. The number of imidazole rings is 1. The van der Waals surface area contributed by atoms with Crippen molar-refractivity contribution in [1.29, 1.82) is 0 Å². The number of carbonyl (C=O) groups excluding carboxylic acids is 1. The number of benzene rings is 1. The third-order valence-corrected chi connectivity index (χ3v) is 4.08. The SMILES string of the molecule is COc1ccc2nc(CNC(=O)c3nn(C)c(C)c3Cl)[nH]c2c1. The monoisotopic (exact) mass is 333 g/mol. The molecule has 0 atom stereocenters. The third kappa shape index (κ3) is 2.87. The number of halogens is 1. The van der Waals surface area contributed by atoms with Crippen LogP contribution >= 0.6 is 11.6 Å². The van der Waals surface area contributed by atoms with Gasteiger partial charge in [0, 0.05) is 13.1 Å². The average Bonchev–Trinajstić information content (AvgIpc) is 3.07. The first kappa shape index (κ1) is 15.4. The summed E-state index contributed by atoms with van der Waals surface area (Å²) in [6.45, 7) is 2.06. The topological polar surface area (TPSA) is 84.8 Å². The summed E-state index contributed by atoms with van der Waals surface area (Å²) < 4.78 is 6.75. The van der Waals surface area contributed by atoms with Gasteiger partial charge in [0.25, 0.3) is 5.91 Å². The van der Waals surface area contributed by atoms with Crippen LogP contribution in [0.3, 0.4) is 0 Å².